The van der Waals surface area contributed by atoms with Crippen molar-refractivity contribution < 1.29 is 13.5 Å². The van der Waals surface area contributed by atoms with Crippen LogP contribution in [0.1, 0.15) is 42.9 Å². The van der Waals surface area contributed by atoms with Gasteiger partial charge in [-0.05, 0) is 49.7 Å². The molecule has 3 unspecified atom stereocenters. The highest BCUT2D eigenvalue weighted by atomic mass is 32.2. The lowest BCUT2D eigenvalue weighted by Gasteiger charge is -2.29. The van der Waals surface area contributed by atoms with Crippen molar-refractivity contribution in [3.05, 3.63) is 29.6 Å². The quantitative estimate of drug-likeness (QED) is 0.921. The fourth-order valence-corrected chi connectivity index (χ4v) is 5.46. The normalized spacial score (nSPS) is 29.9. The standard InChI is InChI=1S/C15H21NO3S/c17-14(9-11-6-8-20(18,19)10-11)13-5-1-3-12-4-2-7-16-15(12)13/h2,4,7,11,13-14,17H,1,3,5-6,8-10H2. The number of hydrogen-bond donors (Lipinski definition) is 1. The summed E-state index contributed by atoms with van der Waals surface area (Å²) < 4.78 is 23.0. The Balaban J connectivity index is 1.71. The molecule has 20 heavy (non-hydrogen) atoms. The van der Waals surface area contributed by atoms with Crippen LogP contribution in [0, 0.1) is 5.92 Å². The Morgan fingerprint density at radius 1 is 1.40 bits per heavy atom. The van der Waals surface area contributed by atoms with Crippen molar-refractivity contribution in [2.45, 2.75) is 44.1 Å². The van der Waals surface area contributed by atoms with E-state index in [1.165, 1.54) is 5.56 Å². The Bertz CT molecular complexity index is 585. The number of fused-ring (bicyclic) bond motifs is 1. The summed E-state index contributed by atoms with van der Waals surface area (Å²) in [4.78, 5) is 4.45. The summed E-state index contributed by atoms with van der Waals surface area (Å²) in [6.45, 7) is 0. The molecule has 1 aliphatic heterocycles. The van der Waals surface area contributed by atoms with Crippen LogP contribution in [-0.2, 0) is 16.3 Å². The highest BCUT2D eigenvalue weighted by Gasteiger charge is 2.34. The predicted octanol–water partition coefficient (Wildman–Crippen LogP) is 1.69. The first kappa shape index (κ1) is 14.0. The first-order valence-corrected chi connectivity index (χ1v) is 9.19. The van der Waals surface area contributed by atoms with Crippen molar-refractivity contribution in [1.82, 2.24) is 4.98 Å². The maximum absolute atomic E-state index is 11.5. The van der Waals surface area contributed by atoms with Crippen molar-refractivity contribution in [2.24, 2.45) is 5.92 Å². The molecular weight excluding hydrogens is 274 g/mol. The number of hydrogen-bond acceptors (Lipinski definition) is 4. The first-order valence-electron chi connectivity index (χ1n) is 7.37. The molecule has 2 heterocycles. The smallest absolute Gasteiger partial charge is 0.150 e. The van der Waals surface area contributed by atoms with Crippen LogP contribution in [0.5, 0.6) is 0 Å². The van der Waals surface area contributed by atoms with Crippen molar-refractivity contribution in [3.8, 4) is 0 Å². The lowest BCUT2D eigenvalue weighted by Crippen LogP contribution is -2.26. The SMILES string of the molecule is O=S1(=O)CCC(CC(O)C2CCCc3cccnc32)C1. The number of nitrogens with zero attached hydrogens (tertiary/aromatic N) is 1. The van der Waals surface area contributed by atoms with Gasteiger partial charge in [0.15, 0.2) is 9.84 Å². The molecular formula is C15H21NO3S. The molecule has 1 aromatic rings. The van der Waals surface area contributed by atoms with Gasteiger partial charge in [-0.15, -0.1) is 0 Å². The van der Waals surface area contributed by atoms with E-state index in [0.717, 1.165) is 25.0 Å². The molecule has 1 aromatic heterocycles. The third-order valence-corrected chi connectivity index (χ3v) is 6.44. The van der Waals surface area contributed by atoms with Crippen LogP contribution in [0.15, 0.2) is 18.3 Å². The van der Waals surface area contributed by atoms with Gasteiger partial charge in [0.25, 0.3) is 0 Å². The van der Waals surface area contributed by atoms with Gasteiger partial charge < -0.3 is 5.11 Å². The van der Waals surface area contributed by atoms with Gasteiger partial charge in [-0.2, -0.15) is 0 Å². The van der Waals surface area contributed by atoms with Crippen molar-refractivity contribution in [1.29, 1.82) is 0 Å². The van der Waals surface area contributed by atoms with E-state index < -0.39 is 15.9 Å². The maximum Gasteiger partial charge on any atom is 0.150 e. The highest BCUT2D eigenvalue weighted by molar-refractivity contribution is 7.91. The van der Waals surface area contributed by atoms with Crippen LogP contribution in [0.4, 0.5) is 0 Å². The van der Waals surface area contributed by atoms with E-state index in [1.807, 2.05) is 6.07 Å². The molecule has 0 amide bonds. The summed E-state index contributed by atoms with van der Waals surface area (Å²) in [5.41, 5.74) is 2.26. The van der Waals surface area contributed by atoms with Crippen molar-refractivity contribution >= 4 is 9.84 Å². The second-order valence-electron chi connectivity index (χ2n) is 6.12. The molecule has 5 heteroatoms. The van der Waals surface area contributed by atoms with Gasteiger partial charge >= 0.3 is 0 Å². The summed E-state index contributed by atoms with van der Waals surface area (Å²) in [6.07, 6.45) is 5.64. The number of sulfone groups is 1. The number of aryl methyl sites for hydroxylation is 1. The van der Waals surface area contributed by atoms with Gasteiger partial charge in [-0.1, -0.05) is 6.07 Å². The molecule has 0 spiro atoms. The van der Waals surface area contributed by atoms with Gasteiger partial charge in [0.2, 0.25) is 0 Å². The molecule has 1 N–H and O–H groups in total. The van der Waals surface area contributed by atoms with Gasteiger partial charge in [0, 0.05) is 17.8 Å². The second kappa shape index (κ2) is 5.45. The summed E-state index contributed by atoms with van der Waals surface area (Å²) in [6, 6.07) is 4.03. The third kappa shape index (κ3) is 2.88. The monoisotopic (exact) mass is 295 g/mol. The van der Waals surface area contributed by atoms with Gasteiger partial charge in [-0.3, -0.25) is 4.98 Å². The number of aliphatic hydroxyl groups is 1. The molecule has 0 saturated carbocycles. The van der Waals surface area contributed by atoms with Crippen LogP contribution >= 0.6 is 0 Å². The molecule has 3 rings (SSSR count). The van der Waals surface area contributed by atoms with Gasteiger partial charge in [0.1, 0.15) is 0 Å². The zero-order valence-corrected chi connectivity index (χ0v) is 12.3. The molecule has 2 aliphatic rings. The van der Waals surface area contributed by atoms with Crippen LogP contribution in [0.2, 0.25) is 0 Å². The average Bonchev–Trinajstić information content (AvgIpc) is 2.77. The van der Waals surface area contributed by atoms with E-state index in [1.54, 1.807) is 6.20 Å². The lowest BCUT2D eigenvalue weighted by atomic mass is 9.80. The molecule has 4 nitrogen and oxygen atoms in total. The third-order valence-electron chi connectivity index (χ3n) is 4.60. The molecule has 3 atom stereocenters. The zero-order valence-electron chi connectivity index (χ0n) is 11.5. The summed E-state index contributed by atoms with van der Waals surface area (Å²) in [5, 5.41) is 10.5. The van der Waals surface area contributed by atoms with E-state index in [9.17, 15) is 13.5 Å². The Morgan fingerprint density at radius 3 is 3.00 bits per heavy atom. The van der Waals surface area contributed by atoms with E-state index in [2.05, 4.69) is 11.1 Å². The van der Waals surface area contributed by atoms with E-state index in [0.29, 0.717) is 12.8 Å². The molecule has 0 bridgehead atoms. The lowest BCUT2D eigenvalue weighted by molar-refractivity contribution is 0.108. The Kier molecular flexibility index (Phi) is 3.82. The number of aliphatic hydroxyl groups excluding tert-OH is 1. The summed E-state index contributed by atoms with van der Waals surface area (Å²) in [5.74, 6) is 0.711. The van der Waals surface area contributed by atoms with Crippen LogP contribution < -0.4 is 0 Å². The Morgan fingerprint density at radius 2 is 2.25 bits per heavy atom. The minimum absolute atomic E-state index is 0.0725. The largest absolute Gasteiger partial charge is 0.392 e. The van der Waals surface area contributed by atoms with E-state index in [-0.39, 0.29) is 23.3 Å². The zero-order chi connectivity index (χ0) is 14.2. The second-order valence-corrected chi connectivity index (χ2v) is 8.35. The molecule has 0 radical (unpaired) electrons. The van der Waals surface area contributed by atoms with Crippen LogP contribution in [0.25, 0.3) is 0 Å². The van der Waals surface area contributed by atoms with Crippen LogP contribution in [0.3, 0.4) is 0 Å². The summed E-state index contributed by atoms with van der Waals surface area (Å²) in [7, 11) is -2.86. The van der Waals surface area contributed by atoms with E-state index in [4.69, 9.17) is 0 Å². The minimum atomic E-state index is -2.86. The van der Waals surface area contributed by atoms with Crippen molar-refractivity contribution in [3.63, 3.8) is 0 Å². The number of pyridine rings is 1. The topological polar surface area (TPSA) is 67.3 Å². The maximum atomic E-state index is 11.5. The number of aromatic nitrogens is 1. The molecule has 1 fully saturated rings. The first-order chi connectivity index (χ1) is 9.55. The average molecular weight is 295 g/mol. The van der Waals surface area contributed by atoms with Crippen LogP contribution in [-0.4, -0.2) is 36.1 Å². The summed E-state index contributed by atoms with van der Waals surface area (Å²) >= 11 is 0. The number of rotatable bonds is 3. The van der Waals surface area contributed by atoms with Crippen molar-refractivity contribution in [2.75, 3.05) is 11.5 Å². The fraction of sp³-hybridized carbons (Fsp3) is 0.667. The fourth-order valence-electron chi connectivity index (χ4n) is 3.58. The minimum Gasteiger partial charge on any atom is -0.392 e. The van der Waals surface area contributed by atoms with Gasteiger partial charge in [0.05, 0.1) is 17.6 Å². The van der Waals surface area contributed by atoms with Gasteiger partial charge in [-0.25, -0.2) is 8.42 Å². The Labute approximate surface area is 120 Å². The highest BCUT2D eigenvalue weighted by Crippen LogP contribution is 2.36. The molecule has 110 valence electrons. The predicted molar refractivity (Wildman–Crippen MR) is 77.3 cm³/mol. The molecule has 1 aliphatic carbocycles. The molecule has 1 saturated heterocycles. The molecule has 0 aromatic carbocycles. The Hall–Kier alpha value is -0.940. The van der Waals surface area contributed by atoms with E-state index >= 15 is 0 Å².